The monoisotopic (exact) mass is 138 g/mol. The SMILES string of the molecule is C[C@H]1CCC[C@@]12CCC2=O. The minimum absolute atomic E-state index is 0.194. The normalized spacial score (nSPS) is 46.1. The summed E-state index contributed by atoms with van der Waals surface area (Å²) in [4.78, 5) is 11.3. The van der Waals surface area contributed by atoms with Crippen LogP contribution < -0.4 is 0 Å². The summed E-state index contributed by atoms with van der Waals surface area (Å²) in [5.74, 6) is 1.24. The first-order valence-corrected chi connectivity index (χ1v) is 4.29. The van der Waals surface area contributed by atoms with Crippen LogP contribution in [0.4, 0.5) is 0 Å². The average molecular weight is 138 g/mol. The van der Waals surface area contributed by atoms with Crippen LogP contribution in [0.15, 0.2) is 0 Å². The fraction of sp³-hybridized carbons (Fsp3) is 0.889. The minimum atomic E-state index is 0.194. The van der Waals surface area contributed by atoms with Crippen LogP contribution in [0.1, 0.15) is 39.0 Å². The number of ketones is 1. The summed E-state index contributed by atoms with van der Waals surface area (Å²) < 4.78 is 0. The number of hydrogen-bond acceptors (Lipinski definition) is 1. The Hall–Kier alpha value is -0.330. The lowest BCUT2D eigenvalue weighted by Crippen LogP contribution is -2.42. The highest BCUT2D eigenvalue weighted by Gasteiger charge is 2.51. The number of Topliss-reactive ketones (excluding diaryl/α,β-unsaturated/α-hetero) is 1. The molecule has 0 saturated heterocycles. The van der Waals surface area contributed by atoms with E-state index in [4.69, 9.17) is 0 Å². The predicted molar refractivity (Wildman–Crippen MR) is 39.7 cm³/mol. The maximum Gasteiger partial charge on any atom is 0.139 e. The van der Waals surface area contributed by atoms with Gasteiger partial charge in [0.1, 0.15) is 5.78 Å². The van der Waals surface area contributed by atoms with Gasteiger partial charge in [0.2, 0.25) is 0 Å². The van der Waals surface area contributed by atoms with Crippen LogP contribution in [0.3, 0.4) is 0 Å². The third-order valence-electron chi connectivity index (χ3n) is 3.56. The molecular formula is C9H14O. The van der Waals surface area contributed by atoms with Gasteiger partial charge in [0.25, 0.3) is 0 Å². The van der Waals surface area contributed by atoms with Crippen molar-refractivity contribution < 1.29 is 4.79 Å². The first-order valence-electron chi connectivity index (χ1n) is 4.29. The first-order chi connectivity index (χ1) is 4.76. The van der Waals surface area contributed by atoms with Crippen molar-refractivity contribution in [2.75, 3.05) is 0 Å². The average Bonchev–Trinajstić information content (AvgIpc) is 2.30. The third-order valence-corrected chi connectivity index (χ3v) is 3.56. The third kappa shape index (κ3) is 0.561. The Labute approximate surface area is 61.8 Å². The molecule has 0 aliphatic heterocycles. The van der Waals surface area contributed by atoms with Crippen molar-refractivity contribution in [3.05, 3.63) is 0 Å². The molecule has 0 amide bonds. The summed E-state index contributed by atoms with van der Waals surface area (Å²) >= 11 is 0. The summed E-state index contributed by atoms with van der Waals surface area (Å²) in [6.07, 6.45) is 5.81. The fourth-order valence-corrected chi connectivity index (χ4v) is 2.58. The second kappa shape index (κ2) is 1.84. The molecule has 2 rings (SSSR count). The molecule has 1 heteroatoms. The highest BCUT2D eigenvalue weighted by atomic mass is 16.1. The molecule has 2 atom stereocenters. The fourth-order valence-electron chi connectivity index (χ4n) is 2.58. The second-order valence-electron chi connectivity index (χ2n) is 3.87. The lowest BCUT2D eigenvalue weighted by molar-refractivity contribution is -0.140. The Morgan fingerprint density at radius 2 is 2.30 bits per heavy atom. The lowest BCUT2D eigenvalue weighted by Gasteiger charge is -2.40. The van der Waals surface area contributed by atoms with E-state index in [1.807, 2.05) is 0 Å². The summed E-state index contributed by atoms with van der Waals surface area (Å²) in [5, 5.41) is 0. The van der Waals surface area contributed by atoms with Crippen LogP contribution in [0.2, 0.25) is 0 Å². The molecular weight excluding hydrogens is 124 g/mol. The molecule has 1 spiro atoms. The highest BCUT2D eigenvalue weighted by Crippen LogP contribution is 2.53. The molecule has 2 aliphatic carbocycles. The van der Waals surface area contributed by atoms with Crippen LogP contribution in [0, 0.1) is 11.3 Å². The molecule has 0 aromatic rings. The Morgan fingerprint density at radius 3 is 2.50 bits per heavy atom. The van der Waals surface area contributed by atoms with Gasteiger partial charge in [-0.25, -0.2) is 0 Å². The molecule has 2 aliphatic rings. The molecule has 2 saturated carbocycles. The maximum absolute atomic E-state index is 11.3. The molecule has 10 heavy (non-hydrogen) atoms. The highest BCUT2D eigenvalue weighted by molar-refractivity contribution is 5.90. The minimum Gasteiger partial charge on any atom is -0.299 e. The molecule has 0 unspecified atom stereocenters. The largest absolute Gasteiger partial charge is 0.299 e. The van der Waals surface area contributed by atoms with Crippen molar-refractivity contribution in [2.24, 2.45) is 11.3 Å². The lowest BCUT2D eigenvalue weighted by atomic mass is 9.62. The van der Waals surface area contributed by atoms with Crippen molar-refractivity contribution in [3.8, 4) is 0 Å². The Kier molecular flexibility index (Phi) is 1.17. The summed E-state index contributed by atoms with van der Waals surface area (Å²) in [6, 6.07) is 0. The van der Waals surface area contributed by atoms with Gasteiger partial charge in [-0.1, -0.05) is 13.3 Å². The van der Waals surface area contributed by atoms with Crippen molar-refractivity contribution in [1.29, 1.82) is 0 Å². The van der Waals surface area contributed by atoms with E-state index in [1.165, 1.54) is 25.7 Å². The maximum atomic E-state index is 11.3. The van der Waals surface area contributed by atoms with E-state index in [2.05, 4.69) is 6.92 Å². The second-order valence-corrected chi connectivity index (χ2v) is 3.87. The first kappa shape index (κ1) is 6.38. The molecule has 0 radical (unpaired) electrons. The van der Waals surface area contributed by atoms with Crippen LogP contribution in [-0.4, -0.2) is 5.78 Å². The van der Waals surface area contributed by atoms with E-state index in [1.54, 1.807) is 0 Å². The van der Waals surface area contributed by atoms with Crippen molar-refractivity contribution >= 4 is 5.78 Å². The van der Waals surface area contributed by atoms with E-state index in [0.29, 0.717) is 11.7 Å². The van der Waals surface area contributed by atoms with Crippen molar-refractivity contribution in [1.82, 2.24) is 0 Å². The van der Waals surface area contributed by atoms with Gasteiger partial charge < -0.3 is 0 Å². The van der Waals surface area contributed by atoms with Gasteiger partial charge in [-0.15, -0.1) is 0 Å². The number of hydrogen-bond donors (Lipinski definition) is 0. The van der Waals surface area contributed by atoms with Gasteiger partial charge in [-0.05, 0) is 25.2 Å². The molecule has 2 fully saturated rings. The van der Waals surface area contributed by atoms with Crippen LogP contribution in [0.25, 0.3) is 0 Å². The Balaban J connectivity index is 2.21. The molecule has 0 aromatic heterocycles. The predicted octanol–water partition coefficient (Wildman–Crippen LogP) is 2.16. The zero-order valence-electron chi connectivity index (χ0n) is 6.52. The van der Waals surface area contributed by atoms with E-state index >= 15 is 0 Å². The summed E-state index contributed by atoms with van der Waals surface area (Å²) in [6.45, 7) is 2.24. The topological polar surface area (TPSA) is 17.1 Å². The van der Waals surface area contributed by atoms with Gasteiger partial charge in [-0.3, -0.25) is 4.79 Å². The van der Waals surface area contributed by atoms with Crippen LogP contribution in [0.5, 0.6) is 0 Å². The van der Waals surface area contributed by atoms with Gasteiger partial charge in [0, 0.05) is 11.8 Å². The standard InChI is InChI=1S/C9H14O/c1-7-3-2-5-9(7)6-4-8(9)10/h7H,2-6H2,1H3/t7-,9+/m0/s1. The van der Waals surface area contributed by atoms with E-state index in [0.717, 1.165) is 6.42 Å². The van der Waals surface area contributed by atoms with Crippen LogP contribution >= 0.6 is 0 Å². The molecule has 0 bridgehead atoms. The summed E-state index contributed by atoms with van der Waals surface area (Å²) in [7, 11) is 0. The molecule has 56 valence electrons. The van der Waals surface area contributed by atoms with Gasteiger partial charge in [0.05, 0.1) is 0 Å². The molecule has 1 nitrogen and oxygen atoms in total. The van der Waals surface area contributed by atoms with Crippen molar-refractivity contribution in [3.63, 3.8) is 0 Å². The van der Waals surface area contributed by atoms with E-state index in [9.17, 15) is 4.79 Å². The quantitative estimate of drug-likeness (QED) is 0.501. The van der Waals surface area contributed by atoms with Crippen molar-refractivity contribution in [2.45, 2.75) is 39.0 Å². The zero-order chi connectivity index (χ0) is 7.19. The Morgan fingerprint density at radius 1 is 1.50 bits per heavy atom. The van der Waals surface area contributed by atoms with Gasteiger partial charge in [-0.2, -0.15) is 0 Å². The zero-order valence-corrected chi connectivity index (χ0v) is 6.52. The van der Waals surface area contributed by atoms with Gasteiger partial charge >= 0.3 is 0 Å². The van der Waals surface area contributed by atoms with E-state index < -0.39 is 0 Å². The molecule has 0 heterocycles. The smallest absolute Gasteiger partial charge is 0.139 e. The van der Waals surface area contributed by atoms with Crippen LogP contribution in [-0.2, 0) is 4.79 Å². The summed E-state index contributed by atoms with van der Waals surface area (Å²) in [5.41, 5.74) is 0.194. The number of rotatable bonds is 0. The van der Waals surface area contributed by atoms with Gasteiger partial charge in [0.15, 0.2) is 0 Å². The number of carbonyl (C=O) groups excluding carboxylic acids is 1. The Bertz CT molecular complexity index is 174. The molecule has 0 N–H and O–H groups in total. The number of carbonyl (C=O) groups is 1. The van der Waals surface area contributed by atoms with E-state index in [-0.39, 0.29) is 5.41 Å². The molecule has 0 aromatic carbocycles.